The number of carbonyl (C=O) groups is 1. The maximum absolute atomic E-state index is 12.3. The molecular weight excluding hydrogens is 354 g/mol. The number of nitrogens with zero attached hydrogens (tertiary/aromatic N) is 2. The number of nitrogens with one attached hydrogen (secondary N) is 1. The van der Waals surface area contributed by atoms with Crippen LogP contribution < -0.4 is 5.43 Å². The average Bonchev–Trinajstić information content (AvgIpc) is 2.74. The van der Waals surface area contributed by atoms with Crippen LogP contribution in [0.4, 0.5) is 5.69 Å². The highest BCUT2D eigenvalue weighted by molar-refractivity contribution is 5.97. The zero-order valence-corrected chi connectivity index (χ0v) is 15.3. The van der Waals surface area contributed by atoms with E-state index in [-0.39, 0.29) is 11.6 Å². The fraction of sp³-hybridized carbons (Fsp3) is 0.0909. The van der Waals surface area contributed by atoms with Crippen LogP contribution in [0.25, 0.3) is 0 Å². The van der Waals surface area contributed by atoms with E-state index in [0.29, 0.717) is 5.56 Å². The predicted octanol–water partition coefficient (Wildman–Crippen LogP) is 4.53. The smallest absolute Gasteiger partial charge is 0.267 e. The van der Waals surface area contributed by atoms with Crippen LogP contribution in [0.2, 0.25) is 0 Å². The van der Waals surface area contributed by atoms with Crippen LogP contribution in [0, 0.1) is 10.1 Å². The van der Waals surface area contributed by atoms with Crippen molar-refractivity contribution in [2.75, 3.05) is 0 Å². The van der Waals surface area contributed by atoms with Gasteiger partial charge in [0, 0.05) is 29.3 Å². The molecule has 140 valence electrons. The van der Waals surface area contributed by atoms with Crippen molar-refractivity contribution >= 4 is 17.3 Å². The third-order valence-electron chi connectivity index (χ3n) is 4.36. The van der Waals surface area contributed by atoms with Gasteiger partial charge in [0.15, 0.2) is 0 Å². The highest BCUT2D eigenvalue weighted by atomic mass is 16.6. The molecule has 3 rings (SSSR count). The van der Waals surface area contributed by atoms with Gasteiger partial charge in [-0.3, -0.25) is 14.9 Å². The number of hydrogen-bond donors (Lipinski definition) is 1. The first kappa shape index (κ1) is 19.0. The lowest BCUT2D eigenvalue weighted by Gasteiger charge is -2.18. The van der Waals surface area contributed by atoms with Crippen LogP contribution in [0.3, 0.4) is 0 Å². The van der Waals surface area contributed by atoms with Crippen LogP contribution in [-0.2, 0) is 0 Å². The maximum Gasteiger partial charge on any atom is 0.271 e. The summed E-state index contributed by atoms with van der Waals surface area (Å²) in [5, 5.41) is 15.0. The first-order valence-corrected chi connectivity index (χ1v) is 8.75. The summed E-state index contributed by atoms with van der Waals surface area (Å²) in [7, 11) is 0. The van der Waals surface area contributed by atoms with E-state index in [1.165, 1.54) is 24.3 Å². The van der Waals surface area contributed by atoms with Crippen LogP contribution >= 0.6 is 0 Å². The van der Waals surface area contributed by atoms with Gasteiger partial charge >= 0.3 is 0 Å². The molecule has 0 aliphatic heterocycles. The van der Waals surface area contributed by atoms with Crippen LogP contribution in [0.5, 0.6) is 0 Å². The van der Waals surface area contributed by atoms with Crippen molar-refractivity contribution in [3.8, 4) is 0 Å². The Balaban J connectivity index is 1.82. The Morgan fingerprint density at radius 1 is 0.893 bits per heavy atom. The second-order valence-corrected chi connectivity index (χ2v) is 6.25. The first-order chi connectivity index (χ1) is 13.6. The van der Waals surface area contributed by atoms with Gasteiger partial charge < -0.3 is 0 Å². The molecule has 0 fully saturated rings. The quantitative estimate of drug-likeness (QED) is 0.391. The summed E-state index contributed by atoms with van der Waals surface area (Å²) in [5.74, 6) is -0.520. The molecule has 0 radical (unpaired) electrons. The topological polar surface area (TPSA) is 84.6 Å². The summed E-state index contributed by atoms with van der Waals surface area (Å²) >= 11 is 0. The number of benzene rings is 3. The predicted molar refractivity (Wildman–Crippen MR) is 108 cm³/mol. The van der Waals surface area contributed by atoms with Crippen molar-refractivity contribution in [2.24, 2.45) is 5.10 Å². The minimum Gasteiger partial charge on any atom is -0.267 e. The third kappa shape index (κ3) is 4.48. The molecule has 0 bridgehead atoms. The molecule has 28 heavy (non-hydrogen) atoms. The molecule has 0 saturated heterocycles. The SMILES string of the molecule is C/C(=N\NC(=O)c1ccc([N+](=O)[O-])cc1)C(c1ccccc1)c1ccccc1. The highest BCUT2D eigenvalue weighted by Gasteiger charge is 2.18. The molecule has 1 amide bonds. The third-order valence-corrected chi connectivity index (χ3v) is 4.36. The van der Waals surface area contributed by atoms with E-state index in [1.54, 1.807) is 0 Å². The lowest BCUT2D eigenvalue weighted by Crippen LogP contribution is -2.21. The van der Waals surface area contributed by atoms with Gasteiger partial charge in [0.2, 0.25) is 0 Å². The van der Waals surface area contributed by atoms with E-state index >= 15 is 0 Å². The molecule has 0 aliphatic rings. The van der Waals surface area contributed by atoms with Gasteiger partial charge in [0.25, 0.3) is 11.6 Å². The number of nitro benzene ring substituents is 1. The molecule has 3 aromatic rings. The van der Waals surface area contributed by atoms with Crippen molar-refractivity contribution in [3.63, 3.8) is 0 Å². The maximum atomic E-state index is 12.3. The molecule has 1 N–H and O–H groups in total. The molecule has 6 heteroatoms. The summed E-state index contributed by atoms with van der Waals surface area (Å²) in [6, 6.07) is 25.3. The van der Waals surface area contributed by atoms with Gasteiger partial charge in [-0.05, 0) is 30.2 Å². The molecule has 0 saturated carbocycles. The van der Waals surface area contributed by atoms with Crippen molar-refractivity contribution in [1.82, 2.24) is 5.43 Å². The van der Waals surface area contributed by atoms with Crippen molar-refractivity contribution in [3.05, 3.63) is 112 Å². The molecule has 0 unspecified atom stereocenters. The standard InChI is InChI=1S/C22H19N3O3/c1-16(23-24-22(26)19-12-14-20(15-13-19)25(27)28)21(17-8-4-2-5-9-17)18-10-6-3-7-11-18/h2-15,21H,1H3,(H,24,26)/b23-16+. The summed E-state index contributed by atoms with van der Waals surface area (Å²) in [5.41, 5.74) is 5.65. The van der Waals surface area contributed by atoms with Crippen molar-refractivity contribution in [2.45, 2.75) is 12.8 Å². The summed E-state index contributed by atoms with van der Waals surface area (Å²) in [6.07, 6.45) is 0. The zero-order valence-electron chi connectivity index (χ0n) is 15.3. The summed E-state index contributed by atoms with van der Waals surface area (Å²) in [6.45, 7) is 1.86. The molecule has 0 atom stereocenters. The number of rotatable bonds is 6. The second-order valence-electron chi connectivity index (χ2n) is 6.25. The Labute approximate surface area is 162 Å². The van der Waals surface area contributed by atoms with E-state index in [2.05, 4.69) is 10.5 Å². The summed E-state index contributed by atoms with van der Waals surface area (Å²) in [4.78, 5) is 22.6. The number of nitro groups is 1. The van der Waals surface area contributed by atoms with Crippen molar-refractivity contribution in [1.29, 1.82) is 0 Å². The molecule has 3 aromatic carbocycles. The largest absolute Gasteiger partial charge is 0.271 e. The normalized spacial score (nSPS) is 11.3. The zero-order chi connectivity index (χ0) is 19.9. The molecule has 6 nitrogen and oxygen atoms in total. The van der Waals surface area contributed by atoms with Gasteiger partial charge in [-0.15, -0.1) is 0 Å². The van der Waals surface area contributed by atoms with Gasteiger partial charge in [0.05, 0.1) is 4.92 Å². The van der Waals surface area contributed by atoms with Gasteiger partial charge in [-0.1, -0.05) is 60.7 Å². The summed E-state index contributed by atoms with van der Waals surface area (Å²) < 4.78 is 0. The molecule has 0 aliphatic carbocycles. The first-order valence-electron chi connectivity index (χ1n) is 8.75. The van der Waals surface area contributed by atoms with Crippen LogP contribution in [0.15, 0.2) is 90.0 Å². The molecule has 0 spiro atoms. The average molecular weight is 373 g/mol. The highest BCUT2D eigenvalue weighted by Crippen LogP contribution is 2.26. The fourth-order valence-electron chi connectivity index (χ4n) is 2.97. The van der Waals surface area contributed by atoms with E-state index in [1.807, 2.05) is 67.6 Å². The molecular formula is C22H19N3O3. The monoisotopic (exact) mass is 373 g/mol. The van der Waals surface area contributed by atoms with Gasteiger partial charge in [0.1, 0.15) is 0 Å². The molecule has 0 heterocycles. The lowest BCUT2D eigenvalue weighted by atomic mass is 9.88. The Kier molecular flexibility index (Phi) is 5.91. The number of hydrogen-bond acceptors (Lipinski definition) is 4. The van der Waals surface area contributed by atoms with E-state index in [0.717, 1.165) is 16.8 Å². The van der Waals surface area contributed by atoms with Gasteiger partial charge in [-0.2, -0.15) is 5.10 Å². The number of hydrazone groups is 1. The molecule has 0 aromatic heterocycles. The number of carbonyl (C=O) groups excluding carboxylic acids is 1. The lowest BCUT2D eigenvalue weighted by molar-refractivity contribution is -0.384. The van der Waals surface area contributed by atoms with Crippen LogP contribution in [0.1, 0.15) is 34.3 Å². The Hall–Kier alpha value is -3.80. The Morgan fingerprint density at radius 3 is 1.86 bits per heavy atom. The fourth-order valence-corrected chi connectivity index (χ4v) is 2.97. The van der Waals surface area contributed by atoms with E-state index in [9.17, 15) is 14.9 Å². The number of non-ortho nitro benzene ring substituents is 1. The van der Waals surface area contributed by atoms with Crippen LogP contribution in [-0.4, -0.2) is 16.5 Å². The Morgan fingerprint density at radius 2 is 1.39 bits per heavy atom. The van der Waals surface area contributed by atoms with E-state index in [4.69, 9.17) is 0 Å². The minimum absolute atomic E-state index is 0.0653. The Bertz CT molecular complexity index is 945. The van der Waals surface area contributed by atoms with E-state index < -0.39 is 10.8 Å². The number of amides is 1. The van der Waals surface area contributed by atoms with Crippen molar-refractivity contribution < 1.29 is 9.72 Å². The minimum atomic E-state index is -0.506. The van der Waals surface area contributed by atoms with Gasteiger partial charge in [-0.25, -0.2) is 5.43 Å². The second kappa shape index (κ2) is 8.73.